The highest BCUT2D eigenvalue weighted by Crippen LogP contribution is 2.44. The van der Waals surface area contributed by atoms with E-state index in [4.69, 9.17) is 0 Å². The van der Waals surface area contributed by atoms with Gasteiger partial charge in [0.25, 0.3) is 0 Å². The van der Waals surface area contributed by atoms with Crippen LogP contribution in [0, 0.1) is 12.3 Å². The molecule has 130 valence electrons. The van der Waals surface area contributed by atoms with Crippen LogP contribution < -0.4 is 10.1 Å². The zero-order valence-electron chi connectivity index (χ0n) is 13.7. The molecule has 2 N–H and O–H groups in total. The highest BCUT2D eigenvalue weighted by molar-refractivity contribution is 5.92. The van der Waals surface area contributed by atoms with Crippen molar-refractivity contribution >= 4 is 16.6 Å². The van der Waals surface area contributed by atoms with Crippen molar-refractivity contribution in [3.05, 3.63) is 30.0 Å². The molecule has 1 heterocycles. The predicted octanol–water partition coefficient (Wildman–Crippen LogP) is 4.11. The van der Waals surface area contributed by atoms with Crippen LogP contribution in [-0.2, 0) is 0 Å². The minimum absolute atomic E-state index is 0.125. The molecule has 0 atom stereocenters. The fourth-order valence-corrected chi connectivity index (χ4v) is 3.37. The molecule has 0 radical (unpaired) electrons. The van der Waals surface area contributed by atoms with Gasteiger partial charge in [-0.25, -0.2) is 0 Å². The summed E-state index contributed by atoms with van der Waals surface area (Å²) in [5.41, 5.74) is 2.60. The van der Waals surface area contributed by atoms with Crippen LogP contribution in [-0.4, -0.2) is 29.9 Å². The van der Waals surface area contributed by atoms with Crippen LogP contribution in [0.3, 0.4) is 0 Å². The van der Waals surface area contributed by atoms with Crippen LogP contribution in [0.15, 0.2) is 24.3 Å². The van der Waals surface area contributed by atoms with E-state index in [1.807, 2.05) is 13.0 Å². The van der Waals surface area contributed by atoms with E-state index in [-0.39, 0.29) is 17.8 Å². The molecule has 0 amide bonds. The van der Waals surface area contributed by atoms with E-state index in [0.717, 1.165) is 48.1 Å². The molecule has 1 aromatic carbocycles. The molecule has 0 unspecified atom stereocenters. The maximum Gasteiger partial charge on any atom is 0.387 e. The number of aryl methyl sites for hydroxylation is 1. The van der Waals surface area contributed by atoms with E-state index in [9.17, 15) is 13.9 Å². The van der Waals surface area contributed by atoms with Gasteiger partial charge in [-0.3, -0.25) is 4.98 Å². The van der Waals surface area contributed by atoms with E-state index >= 15 is 0 Å². The maximum absolute atomic E-state index is 12.5. The van der Waals surface area contributed by atoms with Crippen LogP contribution in [0.25, 0.3) is 10.9 Å². The van der Waals surface area contributed by atoms with Gasteiger partial charge in [0.15, 0.2) is 0 Å². The van der Waals surface area contributed by atoms with Crippen LogP contribution in [0.2, 0.25) is 0 Å². The van der Waals surface area contributed by atoms with Crippen molar-refractivity contribution in [3.8, 4) is 5.75 Å². The van der Waals surface area contributed by atoms with E-state index in [2.05, 4.69) is 15.0 Å². The summed E-state index contributed by atoms with van der Waals surface area (Å²) in [7, 11) is 0. The lowest BCUT2D eigenvalue weighted by Crippen LogP contribution is -2.37. The average molecular weight is 336 g/mol. The number of pyridine rings is 1. The number of hydrogen-bond donors (Lipinski definition) is 2. The molecule has 2 aromatic rings. The summed E-state index contributed by atoms with van der Waals surface area (Å²) in [6, 6.07) is 6.71. The fourth-order valence-electron chi connectivity index (χ4n) is 3.37. The molecule has 0 aliphatic heterocycles. The van der Waals surface area contributed by atoms with Crippen molar-refractivity contribution in [2.45, 2.75) is 39.2 Å². The lowest BCUT2D eigenvalue weighted by molar-refractivity contribution is -0.0497. The molecule has 0 saturated heterocycles. The molecule has 4 nitrogen and oxygen atoms in total. The Kier molecular flexibility index (Phi) is 4.85. The number of benzene rings is 1. The minimum Gasteiger partial charge on any atom is -0.435 e. The molecular formula is C18H22F2N2O2. The zero-order chi connectivity index (χ0) is 17.2. The van der Waals surface area contributed by atoms with Crippen LogP contribution >= 0.6 is 0 Å². The number of ether oxygens (including phenoxy) is 1. The minimum atomic E-state index is -2.85. The van der Waals surface area contributed by atoms with Crippen molar-refractivity contribution < 1.29 is 18.6 Å². The summed E-state index contributed by atoms with van der Waals surface area (Å²) in [5.74, 6) is 0.125. The maximum atomic E-state index is 12.5. The number of nitrogens with zero attached hydrogens (tertiary/aromatic N) is 1. The van der Waals surface area contributed by atoms with Gasteiger partial charge in [-0.05, 0) is 55.9 Å². The first-order valence-corrected chi connectivity index (χ1v) is 8.22. The number of anilines is 1. The van der Waals surface area contributed by atoms with Crippen LogP contribution in [0.1, 0.15) is 31.4 Å². The first-order chi connectivity index (χ1) is 11.5. The molecular weight excluding hydrogens is 314 g/mol. The van der Waals surface area contributed by atoms with E-state index < -0.39 is 6.61 Å². The number of aliphatic hydroxyl groups excluding tert-OH is 1. The Bertz CT molecular complexity index is 717. The van der Waals surface area contributed by atoms with Crippen molar-refractivity contribution in [3.63, 3.8) is 0 Å². The van der Waals surface area contributed by atoms with Gasteiger partial charge in [0.05, 0.1) is 5.52 Å². The summed E-state index contributed by atoms with van der Waals surface area (Å²) in [6.07, 6.45) is 4.16. The summed E-state index contributed by atoms with van der Waals surface area (Å²) < 4.78 is 29.4. The lowest BCUT2D eigenvalue weighted by atomic mass is 9.66. The highest BCUT2D eigenvalue weighted by Gasteiger charge is 2.36. The van der Waals surface area contributed by atoms with Gasteiger partial charge in [0.2, 0.25) is 0 Å². The molecule has 3 rings (SSSR count). The molecule has 1 fully saturated rings. The number of aliphatic hydroxyl groups is 1. The van der Waals surface area contributed by atoms with Gasteiger partial charge >= 0.3 is 6.61 Å². The SMILES string of the molecule is Cc1cc(NCC2(CCO)CCC2)c2cc(OC(F)F)ccc2n1. The van der Waals surface area contributed by atoms with E-state index in [1.54, 1.807) is 12.1 Å². The Morgan fingerprint density at radius 1 is 1.33 bits per heavy atom. The molecule has 6 heteroatoms. The Morgan fingerprint density at radius 2 is 2.12 bits per heavy atom. The lowest BCUT2D eigenvalue weighted by Gasteiger charge is -2.42. The second-order valence-corrected chi connectivity index (χ2v) is 6.55. The molecule has 1 aliphatic carbocycles. The van der Waals surface area contributed by atoms with Crippen LogP contribution in [0.4, 0.5) is 14.5 Å². The second kappa shape index (κ2) is 6.89. The number of aromatic nitrogens is 1. The fraction of sp³-hybridized carbons (Fsp3) is 0.500. The third-order valence-corrected chi connectivity index (χ3v) is 4.84. The highest BCUT2D eigenvalue weighted by atomic mass is 19.3. The van der Waals surface area contributed by atoms with Crippen molar-refractivity contribution in [1.82, 2.24) is 4.98 Å². The largest absolute Gasteiger partial charge is 0.435 e. The van der Waals surface area contributed by atoms with Gasteiger partial charge in [-0.15, -0.1) is 0 Å². The summed E-state index contributed by atoms with van der Waals surface area (Å²) in [5, 5.41) is 13.5. The normalized spacial score (nSPS) is 16.2. The van der Waals surface area contributed by atoms with E-state index in [1.165, 1.54) is 12.5 Å². The Labute approximate surface area is 139 Å². The standard InChI is InChI=1S/C18H22F2N2O2/c1-12-9-16(21-11-18(7-8-23)5-2-6-18)14-10-13(24-17(19)20)3-4-15(14)22-12/h3-4,9-10,17,23H,2,5-8,11H2,1H3,(H,21,22). The Hall–Kier alpha value is -1.95. The van der Waals surface area contributed by atoms with Gasteiger partial charge in [0, 0.05) is 29.9 Å². The summed E-state index contributed by atoms with van der Waals surface area (Å²) >= 11 is 0. The topological polar surface area (TPSA) is 54.4 Å². The van der Waals surface area contributed by atoms with Gasteiger partial charge in [0.1, 0.15) is 5.75 Å². The number of fused-ring (bicyclic) bond motifs is 1. The summed E-state index contributed by atoms with van der Waals surface area (Å²) in [4.78, 5) is 4.45. The summed E-state index contributed by atoms with van der Waals surface area (Å²) in [6.45, 7) is -0.00267. The molecule has 0 bridgehead atoms. The van der Waals surface area contributed by atoms with Gasteiger partial charge in [-0.1, -0.05) is 6.42 Å². The molecule has 24 heavy (non-hydrogen) atoms. The first-order valence-electron chi connectivity index (χ1n) is 8.22. The van der Waals surface area contributed by atoms with Crippen molar-refractivity contribution in [1.29, 1.82) is 0 Å². The number of hydrogen-bond acceptors (Lipinski definition) is 4. The van der Waals surface area contributed by atoms with E-state index in [0.29, 0.717) is 0 Å². The Balaban J connectivity index is 1.87. The third-order valence-electron chi connectivity index (χ3n) is 4.84. The zero-order valence-corrected chi connectivity index (χ0v) is 13.7. The Morgan fingerprint density at radius 3 is 2.75 bits per heavy atom. The average Bonchev–Trinajstić information content (AvgIpc) is 2.49. The number of nitrogens with one attached hydrogen (secondary N) is 1. The van der Waals surface area contributed by atoms with Crippen molar-refractivity contribution in [2.75, 3.05) is 18.5 Å². The number of alkyl halides is 2. The molecule has 0 spiro atoms. The smallest absolute Gasteiger partial charge is 0.387 e. The van der Waals surface area contributed by atoms with Crippen molar-refractivity contribution in [2.24, 2.45) is 5.41 Å². The first kappa shape index (κ1) is 16.9. The molecule has 1 aliphatic rings. The molecule has 1 saturated carbocycles. The number of halogens is 2. The van der Waals surface area contributed by atoms with Gasteiger partial charge in [-0.2, -0.15) is 8.78 Å². The number of rotatable bonds is 7. The quantitative estimate of drug-likeness (QED) is 0.799. The predicted molar refractivity (Wildman–Crippen MR) is 89.6 cm³/mol. The van der Waals surface area contributed by atoms with Crippen LogP contribution in [0.5, 0.6) is 5.75 Å². The monoisotopic (exact) mass is 336 g/mol. The van der Waals surface area contributed by atoms with Gasteiger partial charge < -0.3 is 15.2 Å². The second-order valence-electron chi connectivity index (χ2n) is 6.55. The molecule has 1 aromatic heterocycles. The third kappa shape index (κ3) is 3.59.